The van der Waals surface area contributed by atoms with E-state index < -0.39 is 12.1 Å². The van der Waals surface area contributed by atoms with Crippen LogP contribution in [-0.4, -0.2) is 44.0 Å². The summed E-state index contributed by atoms with van der Waals surface area (Å²) in [5.41, 5.74) is 6.83. The number of morpholine rings is 1. The number of primary amides is 1. The van der Waals surface area contributed by atoms with E-state index in [0.29, 0.717) is 0 Å². The molecule has 1 fully saturated rings. The number of benzene rings is 1. The molecule has 0 aromatic heterocycles. The van der Waals surface area contributed by atoms with Gasteiger partial charge in [-0.05, 0) is 17.7 Å². The molecule has 1 heterocycles. The fourth-order valence-corrected chi connectivity index (χ4v) is 2.04. The molecule has 1 aromatic rings. The van der Waals surface area contributed by atoms with Crippen molar-refractivity contribution in [3.8, 4) is 0 Å². The van der Waals surface area contributed by atoms with Crippen LogP contribution in [0.1, 0.15) is 11.7 Å². The summed E-state index contributed by atoms with van der Waals surface area (Å²) in [5.74, 6) is 0. The predicted octanol–water partition coefficient (Wildman–Crippen LogP) is 0.225. The van der Waals surface area contributed by atoms with E-state index >= 15 is 0 Å². The van der Waals surface area contributed by atoms with Gasteiger partial charge < -0.3 is 25.8 Å². The second-order valence-electron chi connectivity index (χ2n) is 4.45. The Bertz CT molecular complexity index is 416. The highest BCUT2D eigenvalue weighted by Crippen LogP contribution is 2.19. The monoisotopic (exact) mass is 265 g/mol. The smallest absolute Gasteiger partial charge is 0.312 e. The average molecular weight is 265 g/mol. The lowest BCUT2D eigenvalue weighted by atomic mass is 10.1. The van der Waals surface area contributed by atoms with Crippen LogP contribution in [0.25, 0.3) is 0 Å². The summed E-state index contributed by atoms with van der Waals surface area (Å²) in [6.07, 6.45) is -0.744. The quantitative estimate of drug-likeness (QED) is 0.727. The molecule has 4 N–H and O–H groups in total. The summed E-state index contributed by atoms with van der Waals surface area (Å²) in [5, 5.41) is 12.3. The van der Waals surface area contributed by atoms with Gasteiger partial charge >= 0.3 is 6.03 Å². The number of rotatable bonds is 4. The Kier molecular flexibility index (Phi) is 4.59. The zero-order valence-corrected chi connectivity index (χ0v) is 10.7. The number of carbonyl (C=O) groups excluding carboxylic acids is 1. The van der Waals surface area contributed by atoms with Gasteiger partial charge in [0.15, 0.2) is 0 Å². The van der Waals surface area contributed by atoms with Gasteiger partial charge in [0.05, 0.1) is 19.3 Å². The van der Waals surface area contributed by atoms with Crippen molar-refractivity contribution in [3.63, 3.8) is 0 Å². The molecule has 0 spiro atoms. The summed E-state index contributed by atoms with van der Waals surface area (Å²) in [4.78, 5) is 12.8. The van der Waals surface area contributed by atoms with Crippen molar-refractivity contribution in [2.45, 2.75) is 6.10 Å². The first-order valence-corrected chi connectivity index (χ1v) is 6.31. The number of carbonyl (C=O) groups is 1. The second-order valence-corrected chi connectivity index (χ2v) is 4.45. The Morgan fingerprint density at radius 3 is 2.58 bits per heavy atom. The first kappa shape index (κ1) is 13.6. The Morgan fingerprint density at radius 2 is 2.00 bits per heavy atom. The van der Waals surface area contributed by atoms with E-state index in [2.05, 4.69) is 10.2 Å². The SMILES string of the molecule is NC(=O)NCC(O)c1ccc(N2CCOCC2)cc1. The minimum absolute atomic E-state index is 0.117. The van der Waals surface area contributed by atoms with Crippen LogP contribution in [0.5, 0.6) is 0 Å². The number of aliphatic hydroxyl groups excluding tert-OH is 1. The van der Waals surface area contributed by atoms with E-state index in [1.54, 1.807) is 0 Å². The van der Waals surface area contributed by atoms with E-state index in [9.17, 15) is 9.90 Å². The van der Waals surface area contributed by atoms with Crippen LogP contribution in [0.4, 0.5) is 10.5 Å². The van der Waals surface area contributed by atoms with Gasteiger partial charge in [0.2, 0.25) is 0 Å². The van der Waals surface area contributed by atoms with Crippen LogP contribution in [-0.2, 0) is 4.74 Å². The molecule has 1 aliphatic heterocycles. The van der Waals surface area contributed by atoms with Gasteiger partial charge in [0.1, 0.15) is 0 Å². The standard InChI is InChI=1S/C13H19N3O3/c14-13(18)15-9-12(17)10-1-3-11(4-2-10)16-5-7-19-8-6-16/h1-4,12,17H,5-9H2,(H3,14,15,18). The number of hydrogen-bond acceptors (Lipinski definition) is 4. The summed E-state index contributed by atoms with van der Waals surface area (Å²) in [6, 6.07) is 7.02. The number of nitrogens with zero attached hydrogens (tertiary/aromatic N) is 1. The van der Waals surface area contributed by atoms with Gasteiger partial charge in [-0.25, -0.2) is 4.79 Å². The highest BCUT2D eigenvalue weighted by Gasteiger charge is 2.12. The first-order valence-electron chi connectivity index (χ1n) is 6.31. The number of urea groups is 1. The highest BCUT2D eigenvalue weighted by atomic mass is 16.5. The van der Waals surface area contributed by atoms with Crippen LogP contribution in [0.3, 0.4) is 0 Å². The summed E-state index contributed by atoms with van der Waals surface area (Å²) < 4.78 is 5.30. The number of amides is 2. The molecular formula is C13H19N3O3. The maximum Gasteiger partial charge on any atom is 0.312 e. The number of nitrogens with two attached hydrogens (primary N) is 1. The Labute approximate surface area is 112 Å². The molecule has 1 aliphatic rings. The lowest BCUT2D eigenvalue weighted by Crippen LogP contribution is -2.36. The number of nitrogens with one attached hydrogen (secondary N) is 1. The number of hydrogen-bond donors (Lipinski definition) is 3. The fourth-order valence-electron chi connectivity index (χ4n) is 2.04. The molecule has 6 nitrogen and oxygen atoms in total. The van der Waals surface area contributed by atoms with Crippen LogP contribution in [0.2, 0.25) is 0 Å². The minimum Gasteiger partial charge on any atom is -0.387 e. The lowest BCUT2D eigenvalue weighted by molar-refractivity contribution is 0.122. The Balaban J connectivity index is 1.95. The van der Waals surface area contributed by atoms with Crippen LogP contribution >= 0.6 is 0 Å². The van der Waals surface area contributed by atoms with Crippen molar-refractivity contribution < 1.29 is 14.6 Å². The molecule has 6 heteroatoms. The van der Waals surface area contributed by atoms with Crippen molar-refractivity contribution >= 4 is 11.7 Å². The summed E-state index contributed by atoms with van der Waals surface area (Å²) >= 11 is 0. The third kappa shape index (κ3) is 3.84. The van der Waals surface area contributed by atoms with Crippen molar-refractivity contribution in [3.05, 3.63) is 29.8 Å². The van der Waals surface area contributed by atoms with Crippen molar-refractivity contribution in [1.29, 1.82) is 0 Å². The van der Waals surface area contributed by atoms with E-state index in [1.165, 1.54) is 0 Å². The normalized spacial score (nSPS) is 17.0. The van der Waals surface area contributed by atoms with E-state index in [1.807, 2.05) is 24.3 Å². The molecule has 1 unspecified atom stereocenters. The zero-order chi connectivity index (χ0) is 13.7. The number of anilines is 1. The van der Waals surface area contributed by atoms with Gasteiger partial charge in [-0.1, -0.05) is 12.1 Å². The number of ether oxygens (including phenoxy) is 1. The van der Waals surface area contributed by atoms with Crippen molar-refractivity contribution in [2.75, 3.05) is 37.7 Å². The average Bonchev–Trinajstić information content (AvgIpc) is 2.46. The maximum absolute atomic E-state index is 10.6. The molecule has 1 aromatic carbocycles. The van der Waals surface area contributed by atoms with E-state index in [-0.39, 0.29) is 6.54 Å². The molecule has 0 aliphatic carbocycles. The maximum atomic E-state index is 10.6. The third-order valence-corrected chi connectivity index (χ3v) is 3.12. The highest BCUT2D eigenvalue weighted by molar-refractivity contribution is 5.71. The molecule has 2 rings (SSSR count). The van der Waals surface area contributed by atoms with Crippen molar-refractivity contribution in [2.24, 2.45) is 5.73 Å². The number of aliphatic hydroxyl groups is 1. The zero-order valence-electron chi connectivity index (χ0n) is 10.7. The van der Waals surface area contributed by atoms with Crippen LogP contribution < -0.4 is 16.0 Å². The topological polar surface area (TPSA) is 87.8 Å². The lowest BCUT2D eigenvalue weighted by Gasteiger charge is -2.29. The van der Waals surface area contributed by atoms with Gasteiger partial charge in [-0.15, -0.1) is 0 Å². The molecule has 2 amide bonds. The van der Waals surface area contributed by atoms with Crippen LogP contribution in [0.15, 0.2) is 24.3 Å². The van der Waals surface area contributed by atoms with Gasteiger partial charge in [0.25, 0.3) is 0 Å². The van der Waals surface area contributed by atoms with E-state index in [0.717, 1.165) is 37.6 Å². The molecule has 104 valence electrons. The van der Waals surface area contributed by atoms with Gasteiger partial charge in [-0.3, -0.25) is 0 Å². The van der Waals surface area contributed by atoms with Gasteiger partial charge in [0, 0.05) is 25.3 Å². The molecular weight excluding hydrogens is 246 g/mol. The molecule has 0 saturated carbocycles. The third-order valence-electron chi connectivity index (χ3n) is 3.12. The molecule has 0 radical (unpaired) electrons. The second kappa shape index (κ2) is 6.40. The molecule has 19 heavy (non-hydrogen) atoms. The predicted molar refractivity (Wildman–Crippen MR) is 72.0 cm³/mol. The molecule has 1 atom stereocenters. The Morgan fingerprint density at radius 1 is 1.37 bits per heavy atom. The molecule has 0 bridgehead atoms. The van der Waals surface area contributed by atoms with E-state index in [4.69, 9.17) is 10.5 Å². The summed E-state index contributed by atoms with van der Waals surface area (Å²) in [7, 11) is 0. The van der Waals surface area contributed by atoms with Crippen molar-refractivity contribution in [1.82, 2.24) is 5.32 Å². The molecule has 1 saturated heterocycles. The largest absolute Gasteiger partial charge is 0.387 e. The fraction of sp³-hybridized carbons (Fsp3) is 0.462. The van der Waals surface area contributed by atoms with Gasteiger partial charge in [-0.2, -0.15) is 0 Å². The van der Waals surface area contributed by atoms with Crippen LogP contribution in [0, 0.1) is 0 Å². The summed E-state index contributed by atoms with van der Waals surface area (Å²) in [6.45, 7) is 3.36. The first-order chi connectivity index (χ1) is 9.16. The Hall–Kier alpha value is -1.79. The minimum atomic E-state index is -0.744.